The van der Waals surface area contributed by atoms with E-state index in [-0.39, 0.29) is 22.6 Å². The van der Waals surface area contributed by atoms with Crippen molar-refractivity contribution in [2.75, 3.05) is 31.6 Å². The van der Waals surface area contributed by atoms with Crippen LogP contribution < -0.4 is 16.4 Å². The molecule has 4 heterocycles. The molecule has 1 saturated heterocycles. The number of aromatic nitrogens is 5. The number of amides is 1. The topological polar surface area (TPSA) is 144 Å². The predicted molar refractivity (Wildman–Crippen MR) is 175 cm³/mol. The number of ether oxygens (including phenoxy) is 1. The molecule has 236 valence electrons. The molecule has 5 aromatic rings. The van der Waals surface area contributed by atoms with E-state index >= 15 is 0 Å². The number of pyridine rings is 1. The van der Waals surface area contributed by atoms with Crippen LogP contribution in [0.2, 0.25) is 0 Å². The lowest BCUT2D eigenvalue weighted by molar-refractivity contribution is 0.0302. The van der Waals surface area contributed by atoms with E-state index < -0.39 is 12.2 Å². The number of rotatable bonds is 6. The van der Waals surface area contributed by atoms with Crippen LogP contribution in [-0.4, -0.2) is 66.8 Å². The average molecular weight is 622 g/mol. The smallest absolute Gasteiger partial charge is 0.290 e. The molecule has 2 N–H and O–H groups in total. The molecule has 1 amide bonds. The van der Waals surface area contributed by atoms with Gasteiger partial charge in [0.2, 0.25) is 0 Å². The zero-order chi connectivity index (χ0) is 32.6. The second kappa shape index (κ2) is 12.3. The summed E-state index contributed by atoms with van der Waals surface area (Å²) in [6.07, 6.45) is 3.12. The van der Waals surface area contributed by atoms with Crippen LogP contribution in [0.3, 0.4) is 0 Å². The van der Waals surface area contributed by atoms with Crippen molar-refractivity contribution in [3.05, 3.63) is 104 Å². The van der Waals surface area contributed by atoms with Crippen molar-refractivity contribution in [2.24, 2.45) is 7.05 Å². The number of morpholine rings is 1. The van der Waals surface area contributed by atoms with Crippen LogP contribution in [0.4, 0.5) is 11.5 Å². The molecule has 12 nitrogen and oxygen atoms in total. The molecular formula is C34H35N7O5. The van der Waals surface area contributed by atoms with Gasteiger partial charge in [0.25, 0.3) is 17.0 Å². The quantitative estimate of drug-likeness (QED) is 0.291. The number of carbonyl (C=O) groups excluding carboxylic acids is 1. The first-order valence-corrected chi connectivity index (χ1v) is 15.0. The lowest BCUT2D eigenvalue weighted by Crippen LogP contribution is -2.40. The molecule has 0 radical (unpaired) electrons. The lowest BCUT2D eigenvalue weighted by Gasteiger charge is -2.26. The molecule has 0 atom stereocenters. The number of benzene rings is 2. The fourth-order valence-corrected chi connectivity index (χ4v) is 5.48. The zero-order valence-electron chi connectivity index (χ0n) is 26.1. The molecule has 0 unspecified atom stereocenters. The first-order chi connectivity index (χ1) is 22.0. The highest BCUT2D eigenvalue weighted by atomic mass is 16.5. The molecule has 6 rings (SSSR count). The molecule has 46 heavy (non-hydrogen) atoms. The Labute approximate surface area is 264 Å². The number of fused-ring (bicyclic) bond motifs is 1. The van der Waals surface area contributed by atoms with Crippen molar-refractivity contribution >= 4 is 28.2 Å². The van der Waals surface area contributed by atoms with Crippen LogP contribution in [-0.2, 0) is 23.8 Å². The number of carbonyl (C=O) groups is 1. The Bertz CT molecular complexity index is 2060. The van der Waals surface area contributed by atoms with Crippen molar-refractivity contribution in [1.82, 2.24) is 29.4 Å². The zero-order valence-corrected chi connectivity index (χ0v) is 26.1. The van der Waals surface area contributed by atoms with E-state index in [0.717, 1.165) is 10.9 Å². The van der Waals surface area contributed by atoms with Crippen LogP contribution in [0.5, 0.6) is 0 Å². The van der Waals surface area contributed by atoms with E-state index in [1.165, 1.54) is 22.6 Å². The van der Waals surface area contributed by atoms with Gasteiger partial charge in [0.1, 0.15) is 11.5 Å². The van der Waals surface area contributed by atoms with E-state index in [9.17, 15) is 19.5 Å². The summed E-state index contributed by atoms with van der Waals surface area (Å²) in [5, 5.41) is 23.7. The summed E-state index contributed by atoms with van der Waals surface area (Å²) < 4.78 is 7.79. The molecule has 1 aliphatic rings. The van der Waals surface area contributed by atoms with E-state index in [0.29, 0.717) is 65.6 Å². The summed E-state index contributed by atoms with van der Waals surface area (Å²) in [5.74, 6) is 0.237. The number of anilines is 2. The summed E-state index contributed by atoms with van der Waals surface area (Å²) in [7, 11) is 1.53. The summed E-state index contributed by atoms with van der Waals surface area (Å²) in [6.45, 7) is 7.97. The van der Waals surface area contributed by atoms with Gasteiger partial charge in [-0.05, 0) is 47.4 Å². The Morgan fingerprint density at radius 2 is 1.78 bits per heavy atom. The van der Waals surface area contributed by atoms with Crippen LogP contribution >= 0.6 is 0 Å². The lowest BCUT2D eigenvalue weighted by atomic mass is 9.86. The van der Waals surface area contributed by atoms with Gasteiger partial charge in [0, 0.05) is 42.8 Å². The predicted octanol–water partition coefficient (Wildman–Crippen LogP) is 3.55. The van der Waals surface area contributed by atoms with Crippen LogP contribution in [0.1, 0.15) is 42.3 Å². The number of hydrogen-bond acceptors (Lipinski definition) is 9. The van der Waals surface area contributed by atoms with Crippen LogP contribution in [0.15, 0.2) is 76.6 Å². The molecular weight excluding hydrogens is 586 g/mol. The fraction of sp³-hybridized carbons (Fsp3) is 0.294. The Morgan fingerprint density at radius 3 is 2.48 bits per heavy atom. The van der Waals surface area contributed by atoms with Crippen molar-refractivity contribution in [2.45, 2.75) is 32.8 Å². The molecule has 0 saturated carbocycles. The van der Waals surface area contributed by atoms with Gasteiger partial charge in [0.05, 0.1) is 48.3 Å². The summed E-state index contributed by atoms with van der Waals surface area (Å²) in [5.41, 5.74) is 2.65. The van der Waals surface area contributed by atoms with Gasteiger partial charge in [-0.25, -0.2) is 9.67 Å². The molecule has 0 bridgehead atoms. The summed E-state index contributed by atoms with van der Waals surface area (Å²) in [6, 6.07) is 15.8. The van der Waals surface area contributed by atoms with E-state index in [4.69, 9.17) is 4.74 Å². The first-order valence-electron chi connectivity index (χ1n) is 15.0. The number of nitrogens with one attached hydrogen (secondary N) is 1. The van der Waals surface area contributed by atoms with Gasteiger partial charge in [-0.15, -0.1) is 0 Å². The fourth-order valence-electron chi connectivity index (χ4n) is 5.48. The van der Waals surface area contributed by atoms with E-state index in [1.54, 1.807) is 47.5 Å². The largest absolute Gasteiger partial charge is 0.392 e. The third kappa shape index (κ3) is 5.92. The minimum absolute atomic E-state index is 0.0838. The third-order valence-electron chi connectivity index (χ3n) is 8.10. The number of aliphatic hydroxyl groups is 1. The minimum atomic E-state index is -0.409. The van der Waals surface area contributed by atoms with E-state index in [2.05, 4.69) is 41.3 Å². The van der Waals surface area contributed by atoms with Crippen molar-refractivity contribution in [3.63, 3.8) is 0 Å². The summed E-state index contributed by atoms with van der Waals surface area (Å²) >= 11 is 0. The average Bonchev–Trinajstić information content (AvgIpc) is 3.06. The van der Waals surface area contributed by atoms with Gasteiger partial charge < -0.3 is 20.1 Å². The Kier molecular flexibility index (Phi) is 8.24. The van der Waals surface area contributed by atoms with Gasteiger partial charge in [-0.1, -0.05) is 39.0 Å². The second-order valence-corrected chi connectivity index (χ2v) is 12.2. The van der Waals surface area contributed by atoms with Gasteiger partial charge in [-0.3, -0.25) is 14.4 Å². The summed E-state index contributed by atoms with van der Waals surface area (Å²) in [4.78, 5) is 45.6. The van der Waals surface area contributed by atoms with Gasteiger partial charge in [-0.2, -0.15) is 14.9 Å². The van der Waals surface area contributed by atoms with Crippen LogP contribution in [0.25, 0.3) is 27.7 Å². The Morgan fingerprint density at radius 1 is 1.00 bits per heavy atom. The van der Waals surface area contributed by atoms with Crippen LogP contribution in [0, 0.1) is 0 Å². The Balaban J connectivity index is 1.34. The van der Waals surface area contributed by atoms with Gasteiger partial charge >= 0.3 is 0 Å². The standard InChI is InChI=1S/C34H35N7O5/c1-34(2,3)23-9-10-24-22(16-23)19-36-41(32(24)44)29-7-5-6-25(26(29)20-42)27-17-28(33(45)39(4)38-27)37-30-11-8-21(18-35-30)31(43)40-12-14-46-15-13-40/h5-11,16-19,42H,12-15,20H2,1-4H3,(H,35,37). The van der Waals surface area contributed by atoms with Crippen molar-refractivity contribution < 1.29 is 14.6 Å². The highest BCUT2D eigenvalue weighted by Gasteiger charge is 2.21. The minimum Gasteiger partial charge on any atom is -0.392 e. The third-order valence-corrected chi connectivity index (χ3v) is 8.10. The normalized spacial score (nSPS) is 13.6. The maximum absolute atomic E-state index is 13.6. The molecule has 2 aromatic carbocycles. The number of nitrogens with zero attached hydrogens (tertiary/aromatic N) is 6. The second-order valence-electron chi connectivity index (χ2n) is 12.2. The number of hydrogen-bond donors (Lipinski definition) is 2. The molecule has 0 spiro atoms. The maximum Gasteiger partial charge on any atom is 0.290 e. The molecule has 12 heteroatoms. The van der Waals surface area contributed by atoms with Gasteiger partial charge in [0.15, 0.2) is 0 Å². The monoisotopic (exact) mass is 621 g/mol. The van der Waals surface area contributed by atoms with Crippen molar-refractivity contribution in [1.29, 1.82) is 0 Å². The SMILES string of the molecule is Cn1nc(-c2cccc(-n3ncc4cc(C(C)(C)C)ccc4c3=O)c2CO)cc(Nc2ccc(C(=O)N3CCOCC3)cn2)c1=O. The Hall–Kier alpha value is -5.20. The first kappa shape index (κ1) is 30.8. The maximum atomic E-state index is 13.6. The number of aliphatic hydroxyl groups excluding tert-OH is 1. The molecule has 1 fully saturated rings. The van der Waals surface area contributed by atoms with Crippen molar-refractivity contribution in [3.8, 4) is 16.9 Å². The van der Waals surface area contributed by atoms with E-state index in [1.807, 2.05) is 18.2 Å². The number of aryl methyl sites for hydroxylation is 1. The molecule has 3 aromatic heterocycles. The highest BCUT2D eigenvalue weighted by molar-refractivity contribution is 5.94. The molecule has 0 aliphatic carbocycles. The highest BCUT2D eigenvalue weighted by Crippen LogP contribution is 2.29. The molecule has 1 aliphatic heterocycles.